The predicted octanol–water partition coefficient (Wildman–Crippen LogP) is 3.15. The van der Waals surface area contributed by atoms with Gasteiger partial charge in [-0.15, -0.1) is 0 Å². The van der Waals surface area contributed by atoms with E-state index in [1.165, 1.54) is 12.4 Å². The van der Waals surface area contributed by atoms with Crippen LogP contribution >= 0.6 is 0 Å². The Balaban J connectivity index is 1.20. The Kier molecular flexibility index (Phi) is 3.47. The van der Waals surface area contributed by atoms with Gasteiger partial charge in [0.15, 0.2) is 0 Å². The van der Waals surface area contributed by atoms with Gasteiger partial charge in [0.25, 0.3) is 5.97 Å². The first-order valence-electron chi connectivity index (χ1n) is 12.6. The van der Waals surface area contributed by atoms with Gasteiger partial charge in [0.05, 0.1) is 41.7 Å². The highest BCUT2D eigenvalue weighted by molar-refractivity contribution is 5.66. The second kappa shape index (κ2) is 5.81. The fourth-order valence-corrected chi connectivity index (χ4v) is 10.1. The summed E-state index contributed by atoms with van der Waals surface area (Å²) < 4.78 is 30.5. The van der Waals surface area contributed by atoms with Gasteiger partial charge in [-0.3, -0.25) is 0 Å². The zero-order valence-electron chi connectivity index (χ0n) is 19.0. The van der Waals surface area contributed by atoms with E-state index in [0.717, 1.165) is 44.1 Å². The molecule has 0 unspecified atom stereocenters. The van der Waals surface area contributed by atoms with Crippen LogP contribution in [0.1, 0.15) is 63.9 Å². The lowest BCUT2D eigenvalue weighted by molar-refractivity contribution is -0.541. The molecule has 1 spiro atoms. The molecule has 9 rings (SSSR count). The number of rotatable bonds is 2. The zero-order chi connectivity index (χ0) is 22.4. The number of ether oxygens (including phenoxy) is 4. The fourth-order valence-electron chi connectivity index (χ4n) is 10.1. The molecular weight excluding hydrogens is 424 g/mol. The number of fused-ring (bicyclic) bond motifs is 5. The Morgan fingerprint density at radius 2 is 1.97 bits per heavy atom. The van der Waals surface area contributed by atoms with Gasteiger partial charge >= 0.3 is 5.63 Å². The van der Waals surface area contributed by atoms with Crippen LogP contribution in [0.3, 0.4) is 0 Å². The van der Waals surface area contributed by atoms with Crippen LogP contribution < -0.4 is 5.63 Å². The first-order chi connectivity index (χ1) is 15.8. The third-order valence-electron chi connectivity index (χ3n) is 10.9. The molecule has 4 bridgehead atoms. The SMILES string of the molecule is C[C@@]12O[C@H]3C[C@@H](O1)[C@]1(C=O)[C@@H]4CC[C@@]5(C)[C@@H]([C@H]4CC[C@@]1(C3)O2)[C@@H]1O[C@@H]1[C@@H]5c1ccc(=O)oc1. The molecule has 0 amide bonds. The quantitative estimate of drug-likeness (QED) is 0.501. The summed E-state index contributed by atoms with van der Waals surface area (Å²) in [5.41, 5.74) is -0.284. The summed E-state index contributed by atoms with van der Waals surface area (Å²) in [5, 5.41) is 0. The fraction of sp³-hybridized carbons (Fsp3) is 0.769. The maximum absolute atomic E-state index is 13.1. The number of hydrogen-bond acceptors (Lipinski definition) is 7. The highest BCUT2D eigenvalue weighted by Gasteiger charge is 2.79. The lowest BCUT2D eigenvalue weighted by Crippen LogP contribution is -2.80. The Morgan fingerprint density at radius 3 is 2.73 bits per heavy atom. The molecule has 8 aliphatic rings. The molecule has 0 radical (unpaired) electrons. The molecule has 4 saturated carbocycles. The number of aldehydes is 1. The zero-order valence-corrected chi connectivity index (χ0v) is 19.0. The highest BCUT2D eigenvalue weighted by atomic mass is 16.9. The summed E-state index contributed by atoms with van der Waals surface area (Å²) in [4.78, 5) is 24.7. The average molecular weight is 455 g/mol. The molecule has 1 aromatic heterocycles. The van der Waals surface area contributed by atoms with E-state index in [2.05, 4.69) is 6.92 Å². The van der Waals surface area contributed by atoms with E-state index >= 15 is 0 Å². The smallest absolute Gasteiger partial charge is 0.335 e. The summed E-state index contributed by atoms with van der Waals surface area (Å²) in [6.07, 6.45) is 8.71. The van der Waals surface area contributed by atoms with Crippen molar-refractivity contribution in [2.45, 2.75) is 94.3 Å². The van der Waals surface area contributed by atoms with Crippen LogP contribution in [-0.4, -0.2) is 42.3 Å². The van der Waals surface area contributed by atoms with Crippen molar-refractivity contribution < 1.29 is 28.2 Å². The Morgan fingerprint density at radius 1 is 1.09 bits per heavy atom. The van der Waals surface area contributed by atoms with Crippen LogP contribution in [0.25, 0.3) is 0 Å². The highest BCUT2D eigenvalue weighted by Crippen LogP contribution is 2.75. The third-order valence-corrected chi connectivity index (χ3v) is 10.9. The van der Waals surface area contributed by atoms with Crippen molar-refractivity contribution in [2.75, 3.05) is 0 Å². The molecule has 0 N–H and O–H groups in total. The van der Waals surface area contributed by atoms with E-state index in [0.29, 0.717) is 11.8 Å². The van der Waals surface area contributed by atoms with E-state index in [4.69, 9.17) is 23.4 Å². The van der Waals surface area contributed by atoms with Crippen molar-refractivity contribution in [1.29, 1.82) is 0 Å². The second-order valence-electron chi connectivity index (χ2n) is 12.1. The standard InChI is InChI=1S/C26H30O7/c1-23-7-6-16-15(20(23)22-21(30-22)19(23)13-3-4-18(28)29-11-13)5-8-25-10-14-9-17(26(16,25)12-27)32-24(2,31-14)33-25/h3-4,11-12,14-17,19-22H,5-10H2,1-2H3/t14-,15-,16+,17+,19-,20-,21+,22-,23+,24+,25-,26-/m0/s1. The van der Waals surface area contributed by atoms with E-state index in [-0.39, 0.29) is 47.3 Å². The van der Waals surface area contributed by atoms with Crippen LogP contribution in [0.4, 0.5) is 0 Å². The number of hydrogen-bond donors (Lipinski definition) is 0. The summed E-state index contributed by atoms with van der Waals surface area (Å²) in [7, 11) is 0. The molecule has 4 aliphatic carbocycles. The van der Waals surface area contributed by atoms with Crippen molar-refractivity contribution in [1.82, 2.24) is 0 Å². The van der Waals surface area contributed by atoms with Gasteiger partial charge in [-0.1, -0.05) is 6.92 Å². The molecule has 8 fully saturated rings. The van der Waals surface area contributed by atoms with Crippen molar-refractivity contribution in [3.8, 4) is 0 Å². The van der Waals surface area contributed by atoms with E-state index < -0.39 is 17.0 Å². The maximum atomic E-state index is 13.1. The van der Waals surface area contributed by atoms with Gasteiger partial charge < -0.3 is 28.2 Å². The topological polar surface area (TPSA) is 87.5 Å². The average Bonchev–Trinajstić information content (AvgIpc) is 3.47. The van der Waals surface area contributed by atoms with Crippen molar-refractivity contribution >= 4 is 6.29 Å². The number of epoxide rings is 1. The number of carbonyl (C=O) groups is 1. The Labute approximate surface area is 192 Å². The minimum absolute atomic E-state index is 0.0615. The summed E-state index contributed by atoms with van der Waals surface area (Å²) >= 11 is 0. The van der Waals surface area contributed by atoms with Gasteiger partial charge in [0.1, 0.15) is 6.29 Å². The van der Waals surface area contributed by atoms with Gasteiger partial charge in [0.2, 0.25) is 0 Å². The largest absolute Gasteiger partial charge is 0.431 e. The van der Waals surface area contributed by atoms with Crippen molar-refractivity contribution in [3.05, 3.63) is 34.4 Å². The molecule has 5 heterocycles. The lowest BCUT2D eigenvalue weighted by atomic mass is 9.41. The van der Waals surface area contributed by atoms with E-state index in [9.17, 15) is 9.59 Å². The van der Waals surface area contributed by atoms with Crippen LogP contribution in [0, 0.1) is 28.6 Å². The van der Waals surface area contributed by atoms with Crippen molar-refractivity contribution in [2.24, 2.45) is 28.6 Å². The monoisotopic (exact) mass is 454 g/mol. The first kappa shape index (κ1) is 19.7. The molecule has 12 atom stereocenters. The summed E-state index contributed by atoms with van der Waals surface area (Å²) in [5.74, 6) is 0.214. The molecule has 7 nitrogen and oxygen atoms in total. The normalized spacial score (nSPS) is 59.3. The Bertz CT molecular complexity index is 1100. The van der Waals surface area contributed by atoms with Crippen LogP contribution in [0.2, 0.25) is 0 Å². The molecule has 0 aromatic carbocycles. The van der Waals surface area contributed by atoms with Crippen molar-refractivity contribution in [3.63, 3.8) is 0 Å². The van der Waals surface area contributed by atoms with Gasteiger partial charge in [-0.05, 0) is 60.5 Å². The minimum Gasteiger partial charge on any atom is -0.431 e. The maximum Gasteiger partial charge on any atom is 0.335 e. The molecule has 1 aromatic rings. The molecule has 4 aliphatic heterocycles. The second-order valence-corrected chi connectivity index (χ2v) is 12.1. The molecule has 4 saturated heterocycles. The first-order valence-corrected chi connectivity index (χ1v) is 12.6. The van der Waals surface area contributed by atoms with Gasteiger partial charge in [-0.25, -0.2) is 4.79 Å². The summed E-state index contributed by atoms with van der Waals surface area (Å²) in [6.45, 7) is 4.27. The lowest BCUT2D eigenvalue weighted by Gasteiger charge is -2.72. The van der Waals surface area contributed by atoms with E-state index in [1.807, 2.05) is 13.0 Å². The van der Waals surface area contributed by atoms with Gasteiger partial charge in [-0.2, -0.15) is 0 Å². The third kappa shape index (κ3) is 2.14. The molecular formula is C26H30O7. The Hall–Kier alpha value is -1.54. The van der Waals surface area contributed by atoms with Crippen LogP contribution in [0.5, 0.6) is 0 Å². The van der Waals surface area contributed by atoms with E-state index in [1.54, 1.807) is 6.26 Å². The van der Waals surface area contributed by atoms with Crippen LogP contribution in [0.15, 0.2) is 27.6 Å². The van der Waals surface area contributed by atoms with Gasteiger partial charge in [0, 0.05) is 31.7 Å². The predicted molar refractivity (Wildman–Crippen MR) is 113 cm³/mol. The minimum atomic E-state index is -1.02. The molecule has 176 valence electrons. The number of carbonyl (C=O) groups excluding carboxylic acids is 1. The molecule has 7 heteroatoms. The summed E-state index contributed by atoms with van der Waals surface area (Å²) in [6, 6.07) is 3.44. The van der Waals surface area contributed by atoms with Crippen LogP contribution in [-0.2, 0) is 23.7 Å². The molecule has 33 heavy (non-hydrogen) atoms.